The molecule has 0 saturated heterocycles. The first-order valence-corrected chi connectivity index (χ1v) is 46.5. The Labute approximate surface area is 632 Å². The summed E-state index contributed by atoms with van der Waals surface area (Å²) in [6.07, 6.45) is 66.8. The van der Waals surface area contributed by atoms with E-state index in [0.717, 1.165) is 108 Å². The molecule has 103 heavy (non-hydrogen) atoms. The number of carbonyl (C=O) groups excluding carboxylic acids is 4. The normalized spacial score (nSPS) is 13.9. The molecule has 17 nitrogen and oxygen atoms in total. The highest BCUT2D eigenvalue weighted by atomic mass is 31.2. The van der Waals surface area contributed by atoms with Crippen LogP contribution in [0.15, 0.2) is 0 Å². The first kappa shape index (κ1) is 101. The topological polar surface area (TPSA) is 237 Å². The summed E-state index contributed by atoms with van der Waals surface area (Å²) in [6.45, 7) is 9.68. The van der Waals surface area contributed by atoms with Crippen molar-refractivity contribution < 1.29 is 80.2 Å². The maximum absolute atomic E-state index is 13.1. The monoisotopic (exact) mass is 1510 g/mol. The van der Waals surface area contributed by atoms with E-state index < -0.39 is 97.5 Å². The van der Waals surface area contributed by atoms with Gasteiger partial charge in [0.1, 0.15) is 19.3 Å². The Hall–Kier alpha value is -1.94. The lowest BCUT2D eigenvalue weighted by molar-refractivity contribution is -0.161. The molecule has 0 aromatic carbocycles. The summed E-state index contributed by atoms with van der Waals surface area (Å²) in [5.41, 5.74) is 0. The highest BCUT2D eigenvalue weighted by Gasteiger charge is 2.30. The molecule has 0 aliphatic rings. The fourth-order valence-corrected chi connectivity index (χ4v) is 14.6. The van der Waals surface area contributed by atoms with Gasteiger partial charge in [0.2, 0.25) is 0 Å². The second-order valence-electron chi connectivity index (χ2n) is 31.2. The Morgan fingerprint density at radius 2 is 0.447 bits per heavy atom. The number of phosphoric ester groups is 2. The summed E-state index contributed by atoms with van der Waals surface area (Å²) in [5.74, 6) is -0.508. The van der Waals surface area contributed by atoms with E-state index in [1.165, 1.54) is 257 Å². The van der Waals surface area contributed by atoms with Crippen molar-refractivity contribution in [1.29, 1.82) is 0 Å². The van der Waals surface area contributed by atoms with Crippen LogP contribution in [0.3, 0.4) is 0 Å². The van der Waals surface area contributed by atoms with Crippen molar-refractivity contribution in [2.45, 2.75) is 464 Å². The van der Waals surface area contributed by atoms with Crippen LogP contribution in [-0.2, 0) is 65.4 Å². The van der Waals surface area contributed by atoms with Gasteiger partial charge in [0, 0.05) is 25.7 Å². The van der Waals surface area contributed by atoms with Gasteiger partial charge in [0.05, 0.1) is 26.4 Å². The summed E-state index contributed by atoms with van der Waals surface area (Å²) in [6, 6.07) is 0. The molecule has 19 heteroatoms. The van der Waals surface area contributed by atoms with Gasteiger partial charge in [0.15, 0.2) is 12.2 Å². The van der Waals surface area contributed by atoms with Gasteiger partial charge in [-0.05, 0) is 37.5 Å². The fraction of sp³-hybridized carbons (Fsp3) is 0.952. The molecule has 3 N–H and O–H groups in total. The molecule has 0 bridgehead atoms. The standard InChI is InChI=1S/C84H164O17P2/c1-7-9-11-13-15-17-18-19-20-21-22-23-24-29-34-39-44-50-56-62-68-84(89)101-80(73-95-82(87)67-61-55-49-43-38-33-28-26-25-27-31-36-41-46-52-58-64-76(3)4)75-99-103(92,93)97-71-78(85)70-96-102(90,91)98-74-79(72-94-81(86)66-60-54-48-16-14-12-10-8-2)100-83(88)69-63-57-51-45-40-35-30-32-37-42-47-53-59-65-77(5)6/h76-80,85H,7-75H2,1-6H3,(H,90,91)(H,92,93)/t78-,79+,80+/m0/s1. The van der Waals surface area contributed by atoms with E-state index >= 15 is 0 Å². The van der Waals surface area contributed by atoms with Crippen LogP contribution in [0.4, 0.5) is 0 Å². The molecule has 0 radical (unpaired) electrons. The Bertz CT molecular complexity index is 1980. The Morgan fingerprint density at radius 3 is 0.660 bits per heavy atom. The van der Waals surface area contributed by atoms with Crippen LogP contribution in [0.2, 0.25) is 0 Å². The minimum atomic E-state index is -4.96. The van der Waals surface area contributed by atoms with Crippen LogP contribution in [0.1, 0.15) is 446 Å². The maximum Gasteiger partial charge on any atom is 0.472 e. The summed E-state index contributed by atoms with van der Waals surface area (Å²) in [5, 5.41) is 10.6. The van der Waals surface area contributed by atoms with Gasteiger partial charge in [-0.2, -0.15) is 0 Å². The van der Waals surface area contributed by atoms with Crippen LogP contribution in [0, 0.1) is 11.8 Å². The number of unbranched alkanes of at least 4 members (excludes halogenated alkanes) is 53. The number of phosphoric acid groups is 2. The van der Waals surface area contributed by atoms with Crippen LogP contribution in [0.25, 0.3) is 0 Å². The molecule has 0 aromatic rings. The maximum atomic E-state index is 13.1. The summed E-state index contributed by atoms with van der Waals surface area (Å²) >= 11 is 0. The van der Waals surface area contributed by atoms with Gasteiger partial charge in [-0.15, -0.1) is 0 Å². The van der Waals surface area contributed by atoms with Crippen LogP contribution in [0.5, 0.6) is 0 Å². The largest absolute Gasteiger partial charge is 0.472 e. The lowest BCUT2D eigenvalue weighted by atomic mass is 10.0. The number of hydrogen-bond donors (Lipinski definition) is 3. The third-order valence-corrected chi connectivity index (χ3v) is 21.6. The third kappa shape index (κ3) is 78.0. The van der Waals surface area contributed by atoms with Gasteiger partial charge in [-0.1, -0.05) is 395 Å². The summed E-state index contributed by atoms with van der Waals surface area (Å²) in [7, 11) is -9.92. The average molecular weight is 1510 g/mol. The second-order valence-corrected chi connectivity index (χ2v) is 34.1. The Kier molecular flexibility index (Phi) is 74.1. The summed E-state index contributed by atoms with van der Waals surface area (Å²) < 4.78 is 68.8. The number of aliphatic hydroxyl groups excluding tert-OH is 1. The molecule has 0 fully saturated rings. The van der Waals surface area contributed by atoms with Crippen molar-refractivity contribution in [2.75, 3.05) is 39.6 Å². The Morgan fingerprint density at radius 1 is 0.262 bits per heavy atom. The van der Waals surface area contributed by atoms with Crippen LogP contribution < -0.4 is 0 Å². The average Bonchev–Trinajstić information content (AvgIpc) is 0.921. The zero-order valence-corrected chi connectivity index (χ0v) is 69.4. The molecule has 0 aromatic heterocycles. The molecule has 612 valence electrons. The quantitative estimate of drug-likeness (QED) is 0.0222. The molecule has 5 atom stereocenters. The number of aliphatic hydroxyl groups is 1. The van der Waals surface area contributed by atoms with Gasteiger partial charge >= 0.3 is 39.5 Å². The van der Waals surface area contributed by atoms with E-state index in [1.807, 2.05) is 0 Å². The molecule has 0 aliphatic carbocycles. The molecule has 0 rings (SSSR count). The number of rotatable bonds is 83. The lowest BCUT2D eigenvalue weighted by Gasteiger charge is -2.21. The predicted octanol–water partition coefficient (Wildman–Crippen LogP) is 25.5. The molecule has 2 unspecified atom stereocenters. The lowest BCUT2D eigenvalue weighted by Crippen LogP contribution is -2.30. The van der Waals surface area contributed by atoms with Gasteiger partial charge < -0.3 is 33.8 Å². The molecule has 0 amide bonds. The van der Waals surface area contributed by atoms with Crippen molar-refractivity contribution in [3.63, 3.8) is 0 Å². The van der Waals surface area contributed by atoms with Gasteiger partial charge in [0.25, 0.3) is 0 Å². The van der Waals surface area contributed by atoms with Crippen molar-refractivity contribution >= 4 is 39.5 Å². The number of esters is 4. The molecular formula is C84H164O17P2. The van der Waals surface area contributed by atoms with Crippen molar-refractivity contribution in [3.05, 3.63) is 0 Å². The van der Waals surface area contributed by atoms with Crippen molar-refractivity contribution in [2.24, 2.45) is 11.8 Å². The molecule has 0 saturated carbocycles. The van der Waals surface area contributed by atoms with Gasteiger partial charge in [-0.3, -0.25) is 37.3 Å². The Balaban J connectivity index is 5.19. The highest BCUT2D eigenvalue weighted by molar-refractivity contribution is 7.47. The fourth-order valence-electron chi connectivity index (χ4n) is 13.1. The van der Waals surface area contributed by atoms with Crippen LogP contribution in [-0.4, -0.2) is 96.7 Å². The number of ether oxygens (including phenoxy) is 4. The van der Waals surface area contributed by atoms with Crippen molar-refractivity contribution in [1.82, 2.24) is 0 Å². The van der Waals surface area contributed by atoms with Crippen molar-refractivity contribution in [3.8, 4) is 0 Å². The zero-order chi connectivity index (χ0) is 75.6. The van der Waals surface area contributed by atoms with E-state index in [-0.39, 0.29) is 25.7 Å². The van der Waals surface area contributed by atoms with Crippen LogP contribution >= 0.6 is 15.6 Å². The predicted molar refractivity (Wildman–Crippen MR) is 423 cm³/mol. The van der Waals surface area contributed by atoms with E-state index in [4.69, 9.17) is 37.0 Å². The van der Waals surface area contributed by atoms with Gasteiger partial charge in [-0.25, -0.2) is 9.13 Å². The minimum Gasteiger partial charge on any atom is -0.462 e. The summed E-state index contributed by atoms with van der Waals surface area (Å²) in [4.78, 5) is 73.0. The number of carbonyl (C=O) groups is 4. The molecule has 0 aliphatic heterocycles. The highest BCUT2D eigenvalue weighted by Crippen LogP contribution is 2.45. The van der Waals surface area contributed by atoms with E-state index in [2.05, 4.69) is 41.5 Å². The first-order valence-electron chi connectivity index (χ1n) is 43.5. The first-order chi connectivity index (χ1) is 49.9. The minimum absolute atomic E-state index is 0.107. The van der Waals surface area contributed by atoms with E-state index in [1.54, 1.807) is 0 Å². The second kappa shape index (κ2) is 75.5. The number of hydrogen-bond acceptors (Lipinski definition) is 15. The van der Waals surface area contributed by atoms with E-state index in [9.17, 15) is 43.2 Å². The van der Waals surface area contributed by atoms with E-state index in [0.29, 0.717) is 25.7 Å². The smallest absolute Gasteiger partial charge is 0.462 e. The zero-order valence-electron chi connectivity index (χ0n) is 67.6. The molecular weight excluding hydrogens is 1340 g/mol. The third-order valence-electron chi connectivity index (χ3n) is 19.7. The SMILES string of the molecule is CCCCCCCCCCCCCCCCCCCCCCC(=O)O[C@H](COC(=O)CCCCCCCCCCCCCCCCCCC(C)C)COP(=O)(O)OC[C@@H](O)COP(=O)(O)OC[C@@H](COC(=O)CCCCCCCCCC)OC(=O)CCCCCCCCCCCCCCCC(C)C. The molecule has 0 heterocycles. The molecule has 0 spiro atoms.